The largest absolute Gasteiger partial charge is 0.508 e. The van der Waals surface area contributed by atoms with Crippen LogP contribution in [0.2, 0.25) is 0 Å². The van der Waals surface area contributed by atoms with Crippen LogP contribution >= 0.6 is 11.8 Å². The van der Waals surface area contributed by atoms with Crippen LogP contribution < -0.4 is 36.8 Å². The number of aliphatic hydroxyl groups is 1. The number of imidazole rings is 1. The Kier molecular flexibility index (Phi) is 22.6. The quantitative estimate of drug-likeness (QED) is 0.0443. The fourth-order valence-corrected chi connectivity index (χ4v) is 10.9. The number of benzene rings is 4. The first kappa shape index (κ1) is 63.3. The fraction of sp³-hybridized carbons (Fsp3) is 0.417. The summed E-state index contributed by atoms with van der Waals surface area (Å²) in [6.45, 7) is 12.9. The second kappa shape index (κ2) is 28.6. The van der Waals surface area contributed by atoms with Gasteiger partial charge in [-0.1, -0.05) is 87.3 Å². The highest BCUT2D eigenvalue weighted by Gasteiger charge is 2.52. The molecule has 4 atom stereocenters. The van der Waals surface area contributed by atoms with Crippen LogP contribution in [0.4, 0.5) is 21.9 Å². The van der Waals surface area contributed by atoms with Gasteiger partial charge in [-0.3, -0.25) is 38.9 Å². The summed E-state index contributed by atoms with van der Waals surface area (Å²) in [6.07, 6.45) is 8.19. The van der Waals surface area contributed by atoms with Gasteiger partial charge in [-0.05, 0) is 127 Å². The number of barbiturate groups is 1. The number of rotatable bonds is 12. The van der Waals surface area contributed by atoms with Crippen molar-refractivity contribution in [3.63, 3.8) is 0 Å². The molecule has 3 aliphatic rings. The molecule has 5 N–H and O–H groups in total. The van der Waals surface area contributed by atoms with Gasteiger partial charge in [-0.15, -0.1) is 6.58 Å². The second-order valence-corrected chi connectivity index (χ2v) is 21.9. The van der Waals surface area contributed by atoms with Crippen molar-refractivity contribution in [1.82, 2.24) is 39.1 Å². The Morgan fingerprint density at radius 3 is 2.02 bits per heavy atom. The Morgan fingerprint density at radius 2 is 1.49 bits per heavy atom. The van der Waals surface area contributed by atoms with Gasteiger partial charge in [-0.25, -0.2) is 14.6 Å². The number of allylic oxidation sites excluding steroid dienone is 1. The summed E-state index contributed by atoms with van der Waals surface area (Å²) in [5.74, 6) is -0.0251. The molecule has 2 unspecified atom stereocenters. The number of urea groups is 1. The normalized spacial score (nSPS) is 17.7. The molecule has 430 valence electrons. The number of aromatic nitrogens is 4. The lowest BCUT2D eigenvalue weighted by molar-refractivity contribution is -0.148. The number of likely N-dealkylation sites (N-methyl/N-ethyl adjacent to an activating group) is 1. The average molecular weight is 1120 g/mol. The van der Waals surface area contributed by atoms with E-state index in [4.69, 9.17) is 9.84 Å². The third-order valence-electron chi connectivity index (χ3n) is 14.7. The molecule has 1 saturated carbocycles. The maximum absolute atomic E-state index is 11.9. The molecule has 20 heteroatoms. The number of phenols is 1. The van der Waals surface area contributed by atoms with Crippen LogP contribution in [0.25, 0.3) is 11.2 Å². The molecular weight excluding hydrogens is 1040 g/mol. The van der Waals surface area contributed by atoms with Gasteiger partial charge in [0.1, 0.15) is 16.9 Å². The van der Waals surface area contributed by atoms with E-state index in [1.165, 1.54) is 70.7 Å². The number of nitrogens with one attached hydrogen (secondary N) is 3. The Morgan fingerprint density at radius 1 is 0.887 bits per heavy atom. The van der Waals surface area contributed by atoms with Crippen molar-refractivity contribution in [2.45, 2.75) is 87.7 Å². The number of carbonyl (C=O) groups excluding carboxylic acids is 4. The zero-order chi connectivity index (χ0) is 59.1. The molecular formula is C60H80N10O9S. The van der Waals surface area contributed by atoms with Crippen molar-refractivity contribution in [1.29, 1.82) is 0 Å². The first-order chi connectivity index (χ1) is 37.9. The van der Waals surface area contributed by atoms with Crippen molar-refractivity contribution >= 4 is 63.7 Å². The van der Waals surface area contributed by atoms with Crippen molar-refractivity contribution in [2.24, 2.45) is 38.4 Å². The fourth-order valence-electron chi connectivity index (χ4n) is 9.78. The van der Waals surface area contributed by atoms with Crippen LogP contribution in [-0.4, -0.2) is 117 Å². The summed E-state index contributed by atoms with van der Waals surface area (Å²) in [6, 6.07) is 31.3. The van der Waals surface area contributed by atoms with Crippen LogP contribution in [-0.2, 0) is 41.1 Å². The van der Waals surface area contributed by atoms with Crippen molar-refractivity contribution in [3.05, 3.63) is 142 Å². The number of carbonyl (C=O) groups is 4. The van der Waals surface area contributed by atoms with Gasteiger partial charge in [0.05, 0.1) is 30.4 Å². The number of methoxy groups -OCH3 is 1. The molecule has 2 aliphatic heterocycles. The van der Waals surface area contributed by atoms with Crippen LogP contribution in [0.5, 0.6) is 11.5 Å². The highest BCUT2D eigenvalue weighted by molar-refractivity contribution is 7.99. The van der Waals surface area contributed by atoms with Gasteiger partial charge in [0.15, 0.2) is 11.2 Å². The molecule has 2 fully saturated rings. The van der Waals surface area contributed by atoms with E-state index in [1.807, 2.05) is 49.9 Å². The molecule has 80 heavy (non-hydrogen) atoms. The summed E-state index contributed by atoms with van der Waals surface area (Å²) >= 11 is 1.87. The number of hydrogen-bond donors (Lipinski definition) is 5. The molecule has 19 nitrogen and oxygen atoms in total. The van der Waals surface area contributed by atoms with Gasteiger partial charge >= 0.3 is 11.7 Å². The maximum atomic E-state index is 11.9. The standard InChI is InChI=1S/C17H20N2S.C16H25NO2.C11H16N2O3.C8H10N4O2.C8H9NO2/c1-13(18(2)3)12-19-14-8-4-6-10-16(14)20-17-11-7-5-9-15(17)19;1-17(2)12-14-7-4-5-10-16(14,18)13-8-6-9-15(11-13)19-3;1-4-6-11(7(3)5-2)8(14)12-10(16)13-9(11)15;1-10-4-9-6-5(10)7(13)12(3)8(14)11(6)2;1-6(10)9-7-2-4-8(11)5-3-7/h4-11,13H,12H2,1-3H3;6,8-9,11,14,18H,4-5,7,10,12H2,1-3H3;4,7H,1,5-6H2,2-3H3,(H2,12,13,14,15,16);4H,1-3H3;2-5,11H,1H3,(H,9,10)/t;14-,16+;;;/m.1.../s1. The van der Waals surface area contributed by atoms with E-state index >= 15 is 0 Å². The second-order valence-electron chi connectivity index (χ2n) is 20.8. The lowest BCUT2D eigenvalue weighted by Crippen LogP contribution is -2.64. The number of phenolic OH excluding ortho intramolecular Hbond substituents is 1. The highest BCUT2D eigenvalue weighted by Crippen LogP contribution is 2.48. The number of anilines is 3. The molecule has 5 amide bonds. The Balaban J connectivity index is 0.000000186. The lowest BCUT2D eigenvalue weighted by Gasteiger charge is -2.41. The molecule has 0 bridgehead atoms. The van der Waals surface area contributed by atoms with Crippen LogP contribution in [0.1, 0.15) is 71.8 Å². The molecule has 1 aliphatic carbocycles. The van der Waals surface area contributed by atoms with E-state index < -0.39 is 28.9 Å². The number of amides is 5. The van der Waals surface area contributed by atoms with E-state index in [1.54, 1.807) is 37.9 Å². The molecule has 0 radical (unpaired) electrons. The van der Waals surface area contributed by atoms with Crippen molar-refractivity contribution < 1.29 is 34.1 Å². The SMILES string of the molecule is C=CCC1(C(C)CC)C(=O)NC(=O)NC1=O.CC(=O)Nc1ccc(O)cc1.CC(CN1c2ccccc2Sc2ccccc21)N(C)C.COc1cccc([C@@]2(O)CCCC[C@@H]2CN(C)C)c1.Cn1c(=O)c2c(ncn2C)n(C)c1=O. The number of aromatic hydroxyl groups is 1. The number of nitrogens with zero attached hydrogens (tertiary/aromatic N) is 7. The van der Waals surface area contributed by atoms with Gasteiger partial charge in [0, 0.05) is 68.6 Å². The predicted molar refractivity (Wildman–Crippen MR) is 317 cm³/mol. The molecule has 1 saturated heterocycles. The summed E-state index contributed by atoms with van der Waals surface area (Å²) in [5.41, 5.74) is 2.60. The number of para-hydroxylation sites is 2. The maximum Gasteiger partial charge on any atom is 0.332 e. The molecule has 4 heterocycles. The van der Waals surface area contributed by atoms with Crippen molar-refractivity contribution in [2.75, 3.05) is 58.6 Å². The first-order valence-electron chi connectivity index (χ1n) is 26.7. The van der Waals surface area contributed by atoms with E-state index in [0.717, 1.165) is 48.2 Å². The summed E-state index contributed by atoms with van der Waals surface area (Å²) in [4.78, 5) is 82.0. The van der Waals surface area contributed by atoms with Crippen LogP contribution in [0.3, 0.4) is 0 Å². The Hall–Kier alpha value is -7.52. The number of aryl methyl sites for hydroxylation is 2. The minimum Gasteiger partial charge on any atom is -0.508 e. The molecule has 4 aromatic carbocycles. The van der Waals surface area contributed by atoms with Gasteiger partial charge in [-0.2, -0.15) is 0 Å². The third-order valence-corrected chi connectivity index (χ3v) is 15.9. The lowest BCUT2D eigenvalue weighted by atomic mass is 9.70. The molecule has 2 aromatic heterocycles. The van der Waals surface area contributed by atoms with E-state index in [2.05, 4.69) is 126 Å². The summed E-state index contributed by atoms with van der Waals surface area (Å²) in [5, 5.41) is 26.9. The van der Waals surface area contributed by atoms with E-state index in [0.29, 0.717) is 35.2 Å². The average Bonchev–Trinajstić information content (AvgIpc) is 3.83. The number of fused-ring (bicyclic) bond motifs is 3. The van der Waals surface area contributed by atoms with Crippen LogP contribution in [0.15, 0.2) is 135 Å². The smallest absolute Gasteiger partial charge is 0.332 e. The minimum absolute atomic E-state index is 0.115. The zero-order valence-electron chi connectivity index (χ0n) is 48.3. The Labute approximate surface area is 473 Å². The summed E-state index contributed by atoms with van der Waals surface area (Å²) < 4.78 is 9.33. The molecule has 0 spiro atoms. The van der Waals surface area contributed by atoms with Crippen molar-refractivity contribution in [3.8, 4) is 11.5 Å². The predicted octanol–water partition coefficient (Wildman–Crippen LogP) is 8.16. The number of hydrogen-bond acceptors (Lipinski definition) is 14. The number of imide groups is 2. The molecule has 6 aromatic rings. The number of ether oxygens (including phenoxy) is 1. The van der Waals surface area contributed by atoms with Gasteiger partial charge < -0.3 is 39.5 Å². The third kappa shape index (κ3) is 15.2. The first-order valence-corrected chi connectivity index (χ1v) is 27.5. The van der Waals surface area contributed by atoms with Gasteiger partial charge in [0.2, 0.25) is 17.7 Å². The van der Waals surface area contributed by atoms with E-state index in [-0.39, 0.29) is 35.2 Å². The van der Waals surface area contributed by atoms with Crippen LogP contribution in [0, 0.1) is 17.3 Å². The van der Waals surface area contributed by atoms with Gasteiger partial charge in [0.25, 0.3) is 5.56 Å². The Bertz CT molecular complexity index is 3160. The zero-order valence-corrected chi connectivity index (χ0v) is 49.1. The monoisotopic (exact) mass is 1120 g/mol. The topological polar surface area (TPSA) is 226 Å². The summed E-state index contributed by atoms with van der Waals surface area (Å²) in [7, 11) is 14.9. The minimum atomic E-state index is -1.20. The van der Waals surface area contributed by atoms with E-state index in [9.17, 15) is 33.9 Å². The highest BCUT2D eigenvalue weighted by atomic mass is 32.2. The molecule has 9 rings (SSSR count).